The van der Waals surface area contributed by atoms with Crippen LogP contribution in [0.25, 0.3) is 10.8 Å². The predicted octanol–water partition coefficient (Wildman–Crippen LogP) is 3.87. The highest BCUT2D eigenvalue weighted by atomic mass is 16.5. The average Bonchev–Trinajstić information content (AvgIpc) is 2.31. The number of benzene rings is 2. The number of methoxy groups -OCH3 is 1. The molecule has 2 rings (SSSR count). The predicted molar refractivity (Wildman–Crippen MR) is 61.8 cm³/mol. The zero-order chi connectivity index (χ0) is 10.4. The molecule has 0 aliphatic carbocycles. The minimum absolute atomic E-state index is 0.938. The molecular weight excluding hydrogens is 172 g/mol. The molecule has 0 amide bonds. The van der Waals surface area contributed by atoms with Gasteiger partial charge in [-0.25, -0.2) is 0 Å². The summed E-state index contributed by atoms with van der Waals surface area (Å²) >= 11 is 0. The minimum Gasteiger partial charge on any atom is -0.496 e. The van der Waals surface area contributed by atoms with Gasteiger partial charge in [0.15, 0.2) is 0 Å². The van der Waals surface area contributed by atoms with E-state index in [1.165, 1.54) is 10.8 Å². The van der Waals surface area contributed by atoms with Crippen molar-refractivity contribution in [3.8, 4) is 5.75 Å². The van der Waals surface area contributed by atoms with Crippen LogP contribution < -0.4 is 4.74 Å². The molecule has 0 aliphatic rings. The SMILES string of the molecule is CC.COc1cccc2ccccc12. The maximum atomic E-state index is 5.23. The fraction of sp³-hybridized carbons (Fsp3) is 0.231. The van der Waals surface area contributed by atoms with Crippen LogP contribution in [0.3, 0.4) is 0 Å². The van der Waals surface area contributed by atoms with Crippen LogP contribution in [0.15, 0.2) is 42.5 Å². The van der Waals surface area contributed by atoms with Crippen LogP contribution in [0, 0.1) is 0 Å². The molecule has 0 N–H and O–H groups in total. The van der Waals surface area contributed by atoms with Crippen LogP contribution in [-0.4, -0.2) is 7.11 Å². The zero-order valence-corrected chi connectivity index (χ0v) is 8.95. The normalized spacial score (nSPS) is 9.07. The second-order valence-corrected chi connectivity index (χ2v) is 2.68. The maximum Gasteiger partial charge on any atom is 0.126 e. The Morgan fingerprint density at radius 3 is 2.21 bits per heavy atom. The number of rotatable bonds is 1. The van der Waals surface area contributed by atoms with Gasteiger partial charge in [0.2, 0.25) is 0 Å². The Hall–Kier alpha value is -1.50. The van der Waals surface area contributed by atoms with Gasteiger partial charge in [0.05, 0.1) is 7.11 Å². The van der Waals surface area contributed by atoms with Crippen molar-refractivity contribution in [2.45, 2.75) is 13.8 Å². The lowest BCUT2D eigenvalue weighted by Gasteiger charge is -2.03. The fourth-order valence-corrected chi connectivity index (χ4v) is 1.37. The lowest BCUT2D eigenvalue weighted by molar-refractivity contribution is 0.420. The van der Waals surface area contributed by atoms with Crippen molar-refractivity contribution in [1.29, 1.82) is 0 Å². The molecule has 0 aliphatic heterocycles. The molecule has 1 heteroatoms. The van der Waals surface area contributed by atoms with Crippen molar-refractivity contribution in [3.63, 3.8) is 0 Å². The molecule has 0 heterocycles. The third-order valence-electron chi connectivity index (χ3n) is 1.97. The Labute approximate surface area is 85.3 Å². The van der Waals surface area contributed by atoms with E-state index in [-0.39, 0.29) is 0 Å². The summed E-state index contributed by atoms with van der Waals surface area (Å²) in [7, 11) is 1.70. The number of hydrogen-bond acceptors (Lipinski definition) is 1. The summed E-state index contributed by atoms with van der Waals surface area (Å²) < 4.78 is 5.23. The quantitative estimate of drug-likeness (QED) is 0.660. The Morgan fingerprint density at radius 1 is 0.857 bits per heavy atom. The highest BCUT2D eigenvalue weighted by molar-refractivity contribution is 5.88. The van der Waals surface area contributed by atoms with Crippen molar-refractivity contribution in [3.05, 3.63) is 42.5 Å². The summed E-state index contributed by atoms with van der Waals surface area (Å²) in [5.41, 5.74) is 0. The Bertz CT molecular complexity index is 388. The van der Waals surface area contributed by atoms with Gasteiger partial charge in [-0.15, -0.1) is 0 Å². The second-order valence-electron chi connectivity index (χ2n) is 2.68. The van der Waals surface area contributed by atoms with Gasteiger partial charge >= 0.3 is 0 Å². The third-order valence-corrected chi connectivity index (χ3v) is 1.97. The van der Waals surface area contributed by atoms with Gasteiger partial charge in [0.25, 0.3) is 0 Å². The molecule has 2 aromatic carbocycles. The van der Waals surface area contributed by atoms with Crippen LogP contribution in [0.1, 0.15) is 13.8 Å². The van der Waals surface area contributed by atoms with Gasteiger partial charge < -0.3 is 4.74 Å². The summed E-state index contributed by atoms with van der Waals surface area (Å²) in [4.78, 5) is 0. The molecule has 1 nitrogen and oxygen atoms in total. The van der Waals surface area contributed by atoms with E-state index in [0.29, 0.717) is 0 Å². The average molecular weight is 188 g/mol. The Balaban J connectivity index is 0.000000461. The zero-order valence-electron chi connectivity index (χ0n) is 8.95. The van der Waals surface area contributed by atoms with Crippen LogP contribution >= 0.6 is 0 Å². The summed E-state index contributed by atoms with van der Waals surface area (Å²) in [6.07, 6.45) is 0. The van der Waals surface area contributed by atoms with Crippen LogP contribution in [-0.2, 0) is 0 Å². The molecule has 2 aromatic rings. The minimum atomic E-state index is 0.938. The molecular formula is C13H16O. The molecule has 0 saturated carbocycles. The molecule has 14 heavy (non-hydrogen) atoms. The number of ether oxygens (including phenoxy) is 1. The summed E-state index contributed by atoms with van der Waals surface area (Å²) in [5, 5.41) is 2.39. The lowest BCUT2D eigenvalue weighted by Crippen LogP contribution is -1.83. The van der Waals surface area contributed by atoms with Gasteiger partial charge in [0, 0.05) is 5.39 Å². The summed E-state index contributed by atoms with van der Waals surface area (Å²) in [5.74, 6) is 0.938. The van der Waals surface area contributed by atoms with Gasteiger partial charge in [-0.3, -0.25) is 0 Å². The van der Waals surface area contributed by atoms with E-state index >= 15 is 0 Å². The third kappa shape index (κ3) is 2.05. The molecule has 0 unspecified atom stereocenters. The largest absolute Gasteiger partial charge is 0.496 e. The van der Waals surface area contributed by atoms with Crippen LogP contribution in [0.2, 0.25) is 0 Å². The highest BCUT2D eigenvalue weighted by Gasteiger charge is 1.96. The first-order chi connectivity index (χ1) is 6.92. The van der Waals surface area contributed by atoms with E-state index in [9.17, 15) is 0 Å². The molecule has 0 saturated heterocycles. The van der Waals surface area contributed by atoms with E-state index < -0.39 is 0 Å². The van der Waals surface area contributed by atoms with E-state index in [2.05, 4.69) is 18.2 Å². The monoisotopic (exact) mass is 188 g/mol. The standard InChI is InChI=1S/C11H10O.C2H6/c1-12-11-8-4-6-9-5-2-3-7-10(9)11;1-2/h2-8H,1H3;1-2H3. The second kappa shape index (κ2) is 5.28. The lowest BCUT2D eigenvalue weighted by atomic mass is 10.1. The van der Waals surface area contributed by atoms with Crippen molar-refractivity contribution >= 4 is 10.8 Å². The smallest absolute Gasteiger partial charge is 0.126 e. The maximum absolute atomic E-state index is 5.23. The molecule has 0 fully saturated rings. The fourth-order valence-electron chi connectivity index (χ4n) is 1.37. The summed E-state index contributed by atoms with van der Waals surface area (Å²) in [6.45, 7) is 4.00. The van der Waals surface area contributed by atoms with Gasteiger partial charge in [0.1, 0.15) is 5.75 Å². The molecule has 0 spiro atoms. The number of fused-ring (bicyclic) bond motifs is 1. The Morgan fingerprint density at radius 2 is 1.50 bits per heavy atom. The molecule has 0 radical (unpaired) electrons. The van der Waals surface area contributed by atoms with E-state index in [1.807, 2.05) is 38.1 Å². The van der Waals surface area contributed by atoms with E-state index in [0.717, 1.165) is 5.75 Å². The topological polar surface area (TPSA) is 9.23 Å². The number of hydrogen-bond donors (Lipinski definition) is 0. The van der Waals surface area contributed by atoms with E-state index in [1.54, 1.807) is 7.11 Å². The van der Waals surface area contributed by atoms with Gasteiger partial charge in [-0.1, -0.05) is 50.2 Å². The van der Waals surface area contributed by atoms with Gasteiger partial charge in [-0.2, -0.15) is 0 Å². The first kappa shape index (κ1) is 10.6. The van der Waals surface area contributed by atoms with Crippen molar-refractivity contribution in [2.24, 2.45) is 0 Å². The van der Waals surface area contributed by atoms with E-state index in [4.69, 9.17) is 4.74 Å². The van der Waals surface area contributed by atoms with Gasteiger partial charge in [-0.05, 0) is 11.5 Å². The first-order valence-corrected chi connectivity index (χ1v) is 4.93. The molecule has 0 atom stereocenters. The summed E-state index contributed by atoms with van der Waals surface area (Å²) in [6, 6.07) is 14.2. The van der Waals surface area contributed by atoms with Crippen molar-refractivity contribution < 1.29 is 4.74 Å². The van der Waals surface area contributed by atoms with Crippen LogP contribution in [0.4, 0.5) is 0 Å². The van der Waals surface area contributed by atoms with Crippen molar-refractivity contribution in [1.82, 2.24) is 0 Å². The first-order valence-electron chi connectivity index (χ1n) is 4.93. The Kier molecular flexibility index (Phi) is 3.99. The molecule has 74 valence electrons. The molecule has 0 bridgehead atoms. The molecule has 0 aromatic heterocycles. The highest BCUT2D eigenvalue weighted by Crippen LogP contribution is 2.24. The van der Waals surface area contributed by atoms with Crippen molar-refractivity contribution in [2.75, 3.05) is 7.11 Å². The van der Waals surface area contributed by atoms with Crippen LogP contribution in [0.5, 0.6) is 5.75 Å².